The predicted octanol–water partition coefficient (Wildman–Crippen LogP) is 2.62. The first-order valence-corrected chi connectivity index (χ1v) is 7.38. The van der Waals surface area contributed by atoms with Gasteiger partial charge in [-0.15, -0.1) is 0 Å². The van der Waals surface area contributed by atoms with Crippen LogP contribution in [0, 0.1) is 12.8 Å². The molecule has 2 rings (SSSR count). The molecule has 1 saturated heterocycles. The van der Waals surface area contributed by atoms with Gasteiger partial charge in [-0.3, -0.25) is 4.68 Å². The van der Waals surface area contributed by atoms with Gasteiger partial charge in [0.1, 0.15) is 0 Å². The zero-order chi connectivity index (χ0) is 13.8. The second-order valence-electron chi connectivity index (χ2n) is 5.83. The summed E-state index contributed by atoms with van der Waals surface area (Å²) in [4.78, 5) is 0. The fraction of sp³-hybridized carbons (Fsp3) is 0.800. The van der Waals surface area contributed by atoms with Gasteiger partial charge < -0.3 is 9.84 Å². The minimum Gasteiger partial charge on any atom is -0.390 e. The maximum absolute atomic E-state index is 9.43. The summed E-state index contributed by atoms with van der Waals surface area (Å²) in [6, 6.07) is 0. The van der Waals surface area contributed by atoms with Crippen molar-refractivity contribution in [3.8, 4) is 0 Å². The smallest absolute Gasteiger partial charge is 0.0916 e. The Morgan fingerprint density at radius 1 is 1.37 bits per heavy atom. The molecule has 0 radical (unpaired) electrons. The van der Waals surface area contributed by atoms with Gasteiger partial charge in [0, 0.05) is 31.0 Å². The molecule has 0 bridgehead atoms. The third kappa shape index (κ3) is 3.37. The number of rotatable bonds is 5. The maximum atomic E-state index is 9.43. The molecule has 108 valence electrons. The molecule has 1 aliphatic heterocycles. The van der Waals surface area contributed by atoms with E-state index >= 15 is 0 Å². The molecule has 0 atom stereocenters. The average molecular weight is 266 g/mol. The van der Waals surface area contributed by atoms with Crippen LogP contribution in [0.1, 0.15) is 56.0 Å². The van der Waals surface area contributed by atoms with Crippen molar-refractivity contribution in [2.24, 2.45) is 5.92 Å². The largest absolute Gasteiger partial charge is 0.390 e. The van der Waals surface area contributed by atoms with Crippen LogP contribution in [0.2, 0.25) is 0 Å². The summed E-state index contributed by atoms with van der Waals surface area (Å²) >= 11 is 0. The quantitative estimate of drug-likeness (QED) is 0.891. The van der Waals surface area contributed by atoms with Crippen molar-refractivity contribution in [2.45, 2.75) is 59.1 Å². The molecule has 19 heavy (non-hydrogen) atoms. The third-order valence-corrected chi connectivity index (χ3v) is 4.15. The van der Waals surface area contributed by atoms with E-state index in [4.69, 9.17) is 4.74 Å². The molecular formula is C15H26N2O2. The van der Waals surface area contributed by atoms with Gasteiger partial charge in [0.2, 0.25) is 0 Å². The lowest BCUT2D eigenvalue weighted by molar-refractivity contribution is 0.0622. The van der Waals surface area contributed by atoms with Crippen molar-refractivity contribution < 1.29 is 9.84 Å². The van der Waals surface area contributed by atoms with Crippen LogP contribution in [0.5, 0.6) is 0 Å². The predicted molar refractivity (Wildman–Crippen MR) is 75.1 cm³/mol. The van der Waals surface area contributed by atoms with Crippen molar-refractivity contribution in [2.75, 3.05) is 13.2 Å². The van der Waals surface area contributed by atoms with Crippen LogP contribution in [0.4, 0.5) is 0 Å². The normalized spacial score (nSPS) is 17.3. The molecule has 1 aromatic rings. The summed E-state index contributed by atoms with van der Waals surface area (Å²) in [5, 5.41) is 14.0. The number of aliphatic hydroxyl groups is 1. The van der Waals surface area contributed by atoms with Gasteiger partial charge in [0.15, 0.2) is 0 Å². The molecule has 1 N–H and O–H groups in total. The minimum absolute atomic E-state index is 0.0403. The fourth-order valence-corrected chi connectivity index (χ4v) is 3.05. The minimum atomic E-state index is 0.0403. The van der Waals surface area contributed by atoms with Gasteiger partial charge >= 0.3 is 0 Å². The molecular weight excluding hydrogens is 240 g/mol. The molecule has 0 amide bonds. The van der Waals surface area contributed by atoms with E-state index in [2.05, 4.69) is 30.6 Å². The zero-order valence-electron chi connectivity index (χ0n) is 12.4. The van der Waals surface area contributed by atoms with E-state index in [-0.39, 0.29) is 6.61 Å². The molecule has 2 heterocycles. The summed E-state index contributed by atoms with van der Waals surface area (Å²) in [6.07, 6.45) is 3.50. The number of hydrogen-bond acceptors (Lipinski definition) is 3. The second kappa shape index (κ2) is 6.53. The summed E-state index contributed by atoms with van der Waals surface area (Å²) in [7, 11) is 0. The van der Waals surface area contributed by atoms with Crippen molar-refractivity contribution in [3.05, 3.63) is 17.0 Å². The Kier molecular flexibility index (Phi) is 4.99. The number of ether oxygens (including phenoxy) is 1. The van der Waals surface area contributed by atoms with E-state index < -0.39 is 0 Å². The second-order valence-corrected chi connectivity index (χ2v) is 5.83. The topological polar surface area (TPSA) is 47.3 Å². The van der Waals surface area contributed by atoms with Crippen LogP contribution >= 0.6 is 0 Å². The monoisotopic (exact) mass is 266 g/mol. The summed E-state index contributed by atoms with van der Waals surface area (Å²) in [5.74, 6) is 1.18. The Bertz CT molecular complexity index is 407. The molecule has 1 aliphatic rings. The number of hydrogen-bond donors (Lipinski definition) is 1. The third-order valence-electron chi connectivity index (χ3n) is 4.15. The molecule has 4 heteroatoms. The molecule has 0 aliphatic carbocycles. The SMILES string of the molecule is Cc1c(C(C)C)c(CO)nn1CCC1CCOCC1. The molecule has 0 unspecified atom stereocenters. The number of nitrogens with zero attached hydrogens (tertiary/aromatic N) is 2. The Hall–Kier alpha value is -0.870. The van der Waals surface area contributed by atoms with Crippen molar-refractivity contribution in [1.29, 1.82) is 0 Å². The molecule has 0 saturated carbocycles. The molecule has 0 spiro atoms. The van der Waals surface area contributed by atoms with Gasteiger partial charge in [-0.05, 0) is 38.0 Å². The first kappa shape index (κ1) is 14.5. The summed E-state index contributed by atoms with van der Waals surface area (Å²) < 4.78 is 7.47. The highest BCUT2D eigenvalue weighted by molar-refractivity contribution is 5.28. The standard InChI is InChI=1S/C15H26N2O2/c1-11(2)15-12(3)17(16-14(15)10-18)7-4-13-5-8-19-9-6-13/h11,13,18H,4-10H2,1-3H3. The van der Waals surface area contributed by atoms with E-state index in [0.29, 0.717) is 5.92 Å². The lowest BCUT2D eigenvalue weighted by Crippen LogP contribution is -2.18. The first-order chi connectivity index (χ1) is 9.13. The van der Waals surface area contributed by atoms with Crippen molar-refractivity contribution in [1.82, 2.24) is 9.78 Å². The van der Waals surface area contributed by atoms with E-state index in [1.165, 1.54) is 24.1 Å². The van der Waals surface area contributed by atoms with Crippen LogP contribution in [-0.4, -0.2) is 28.1 Å². The van der Waals surface area contributed by atoms with E-state index in [9.17, 15) is 5.11 Å². The first-order valence-electron chi connectivity index (χ1n) is 7.38. The Labute approximate surface area is 115 Å². The zero-order valence-corrected chi connectivity index (χ0v) is 12.4. The Balaban J connectivity index is 2.03. The Morgan fingerprint density at radius 3 is 2.58 bits per heavy atom. The molecule has 4 nitrogen and oxygen atoms in total. The van der Waals surface area contributed by atoms with Gasteiger partial charge in [-0.25, -0.2) is 0 Å². The van der Waals surface area contributed by atoms with E-state index in [1.54, 1.807) is 0 Å². The van der Waals surface area contributed by atoms with Crippen LogP contribution in [-0.2, 0) is 17.9 Å². The van der Waals surface area contributed by atoms with Crippen LogP contribution in [0.25, 0.3) is 0 Å². The van der Waals surface area contributed by atoms with E-state index in [1.807, 2.05) is 0 Å². The molecule has 1 aromatic heterocycles. The lowest BCUT2D eigenvalue weighted by Gasteiger charge is -2.22. The highest BCUT2D eigenvalue weighted by Crippen LogP contribution is 2.25. The molecule has 0 aromatic carbocycles. The average Bonchev–Trinajstić information content (AvgIpc) is 2.74. The fourth-order valence-electron chi connectivity index (χ4n) is 3.05. The number of aromatic nitrogens is 2. The highest BCUT2D eigenvalue weighted by atomic mass is 16.5. The lowest BCUT2D eigenvalue weighted by atomic mass is 9.96. The summed E-state index contributed by atoms with van der Waals surface area (Å²) in [6.45, 7) is 9.24. The number of aliphatic hydroxyl groups excluding tert-OH is 1. The summed E-state index contributed by atoms with van der Waals surface area (Å²) in [5.41, 5.74) is 3.28. The maximum Gasteiger partial charge on any atom is 0.0916 e. The van der Waals surface area contributed by atoms with Crippen LogP contribution in [0.15, 0.2) is 0 Å². The highest BCUT2D eigenvalue weighted by Gasteiger charge is 2.18. The Morgan fingerprint density at radius 2 is 2.05 bits per heavy atom. The molecule has 1 fully saturated rings. The van der Waals surface area contributed by atoms with Crippen molar-refractivity contribution in [3.63, 3.8) is 0 Å². The van der Waals surface area contributed by atoms with Crippen LogP contribution in [0.3, 0.4) is 0 Å². The van der Waals surface area contributed by atoms with E-state index in [0.717, 1.165) is 37.8 Å². The van der Waals surface area contributed by atoms with Gasteiger partial charge in [-0.1, -0.05) is 13.8 Å². The van der Waals surface area contributed by atoms with Gasteiger partial charge in [-0.2, -0.15) is 5.10 Å². The van der Waals surface area contributed by atoms with Crippen molar-refractivity contribution >= 4 is 0 Å². The van der Waals surface area contributed by atoms with Crippen LogP contribution < -0.4 is 0 Å². The van der Waals surface area contributed by atoms with Gasteiger partial charge in [0.25, 0.3) is 0 Å². The van der Waals surface area contributed by atoms with Gasteiger partial charge in [0.05, 0.1) is 12.3 Å². The number of aryl methyl sites for hydroxylation is 1.